The Balaban J connectivity index is 2.05. The Bertz CT molecular complexity index is 657. The predicted octanol–water partition coefficient (Wildman–Crippen LogP) is 2.09. The molecule has 0 saturated heterocycles. The summed E-state index contributed by atoms with van der Waals surface area (Å²) in [6.07, 6.45) is 3.41. The van der Waals surface area contributed by atoms with Crippen molar-refractivity contribution in [2.24, 2.45) is 0 Å². The fourth-order valence-electron chi connectivity index (χ4n) is 1.69. The molecule has 17 heavy (non-hydrogen) atoms. The van der Waals surface area contributed by atoms with E-state index in [1.165, 1.54) is 6.07 Å². The second-order valence-electron chi connectivity index (χ2n) is 3.64. The van der Waals surface area contributed by atoms with Gasteiger partial charge in [0.05, 0.1) is 12.1 Å². The van der Waals surface area contributed by atoms with Crippen LogP contribution in [0, 0.1) is 11.6 Å². The molecule has 1 aromatic carbocycles. The summed E-state index contributed by atoms with van der Waals surface area (Å²) in [7, 11) is 0. The first-order chi connectivity index (χ1) is 8.24. The van der Waals surface area contributed by atoms with E-state index in [1.54, 1.807) is 23.1 Å². The number of hydrogen-bond acceptors (Lipinski definition) is 2. The van der Waals surface area contributed by atoms with Gasteiger partial charge in [-0.1, -0.05) is 0 Å². The molecule has 86 valence electrons. The van der Waals surface area contributed by atoms with Gasteiger partial charge in [-0.05, 0) is 18.2 Å². The SMILES string of the molecule is Fc1ccc2[nH]c(Cn3cccn3)nc2c1F. The standard InChI is InChI=1S/C11H8F2N4/c12-7-2-3-8-11(10(7)13)16-9(15-8)6-17-5-1-4-14-17/h1-5H,6H2,(H,15,16). The smallest absolute Gasteiger partial charge is 0.186 e. The highest BCUT2D eigenvalue weighted by Gasteiger charge is 2.11. The maximum atomic E-state index is 13.4. The molecule has 0 atom stereocenters. The Labute approximate surface area is 94.9 Å². The van der Waals surface area contributed by atoms with E-state index in [2.05, 4.69) is 15.1 Å². The summed E-state index contributed by atoms with van der Waals surface area (Å²) < 4.78 is 28.0. The second kappa shape index (κ2) is 3.65. The topological polar surface area (TPSA) is 46.5 Å². The van der Waals surface area contributed by atoms with Gasteiger partial charge in [0.1, 0.15) is 11.3 Å². The summed E-state index contributed by atoms with van der Waals surface area (Å²) in [5.41, 5.74) is 0.498. The number of aromatic amines is 1. The van der Waals surface area contributed by atoms with Crippen molar-refractivity contribution in [1.82, 2.24) is 19.7 Å². The number of H-pyrrole nitrogens is 1. The van der Waals surface area contributed by atoms with Crippen LogP contribution in [-0.2, 0) is 6.54 Å². The fourth-order valence-corrected chi connectivity index (χ4v) is 1.69. The first-order valence-electron chi connectivity index (χ1n) is 5.04. The van der Waals surface area contributed by atoms with Crippen LogP contribution < -0.4 is 0 Å². The molecule has 1 N–H and O–H groups in total. The summed E-state index contributed by atoms with van der Waals surface area (Å²) in [5, 5.41) is 4.01. The third-order valence-corrected chi connectivity index (χ3v) is 2.47. The van der Waals surface area contributed by atoms with Crippen LogP contribution in [0.4, 0.5) is 8.78 Å². The highest BCUT2D eigenvalue weighted by atomic mass is 19.2. The Morgan fingerprint density at radius 3 is 2.94 bits per heavy atom. The minimum atomic E-state index is -0.925. The molecule has 2 aromatic heterocycles. The molecule has 2 heterocycles. The van der Waals surface area contributed by atoms with Crippen LogP contribution in [0.2, 0.25) is 0 Å². The summed E-state index contributed by atoms with van der Waals surface area (Å²) in [5.74, 6) is -1.28. The van der Waals surface area contributed by atoms with Gasteiger partial charge in [-0.3, -0.25) is 4.68 Å². The van der Waals surface area contributed by atoms with Crippen molar-refractivity contribution in [3.63, 3.8) is 0 Å². The summed E-state index contributed by atoms with van der Waals surface area (Å²) in [4.78, 5) is 6.94. The van der Waals surface area contributed by atoms with Crippen LogP contribution >= 0.6 is 0 Å². The zero-order chi connectivity index (χ0) is 11.8. The molecule has 0 saturated carbocycles. The lowest BCUT2D eigenvalue weighted by Gasteiger charge is -1.95. The number of rotatable bonds is 2. The summed E-state index contributed by atoms with van der Waals surface area (Å²) in [6.45, 7) is 0.392. The maximum Gasteiger partial charge on any atom is 0.186 e. The van der Waals surface area contributed by atoms with Gasteiger partial charge in [0.25, 0.3) is 0 Å². The third kappa shape index (κ3) is 1.67. The number of nitrogens with zero attached hydrogens (tertiary/aromatic N) is 3. The highest BCUT2D eigenvalue weighted by molar-refractivity contribution is 5.75. The van der Waals surface area contributed by atoms with E-state index in [4.69, 9.17) is 0 Å². The molecule has 0 aliphatic carbocycles. The Morgan fingerprint density at radius 2 is 2.18 bits per heavy atom. The lowest BCUT2D eigenvalue weighted by molar-refractivity contribution is 0.515. The van der Waals surface area contributed by atoms with E-state index in [1.807, 2.05) is 0 Å². The molecule has 0 aliphatic heterocycles. The van der Waals surface area contributed by atoms with Gasteiger partial charge in [-0.15, -0.1) is 0 Å². The Kier molecular flexibility index (Phi) is 2.14. The van der Waals surface area contributed by atoms with Crippen LogP contribution in [0.15, 0.2) is 30.6 Å². The van der Waals surface area contributed by atoms with Crippen LogP contribution in [-0.4, -0.2) is 19.7 Å². The van der Waals surface area contributed by atoms with Crippen molar-refractivity contribution >= 4 is 11.0 Å². The van der Waals surface area contributed by atoms with Crippen molar-refractivity contribution in [2.75, 3.05) is 0 Å². The van der Waals surface area contributed by atoms with Crippen molar-refractivity contribution in [2.45, 2.75) is 6.54 Å². The van der Waals surface area contributed by atoms with Crippen LogP contribution in [0.3, 0.4) is 0 Å². The van der Waals surface area contributed by atoms with Gasteiger partial charge < -0.3 is 4.98 Å². The number of benzene rings is 1. The molecule has 0 fully saturated rings. The van der Waals surface area contributed by atoms with E-state index in [9.17, 15) is 8.78 Å². The molecule has 3 aromatic rings. The Hall–Kier alpha value is -2.24. The molecule has 0 amide bonds. The molecular weight excluding hydrogens is 226 g/mol. The molecule has 4 nitrogen and oxygen atoms in total. The maximum absolute atomic E-state index is 13.4. The number of fused-ring (bicyclic) bond motifs is 1. The quantitative estimate of drug-likeness (QED) is 0.738. The first kappa shape index (κ1) is 9.95. The number of nitrogens with one attached hydrogen (secondary N) is 1. The van der Waals surface area contributed by atoms with Crippen LogP contribution in [0.1, 0.15) is 5.82 Å². The fraction of sp³-hybridized carbons (Fsp3) is 0.0909. The zero-order valence-electron chi connectivity index (χ0n) is 8.69. The molecule has 6 heteroatoms. The van der Waals surface area contributed by atoms with Crippen molar-refractivity contribution in [3.05, 3.63) is 48.1 Å². The number of aromatic nitrogens is 4. The normalized spacial score (nSPS) is 11.2. The second-order valence-corrected chi connectivity index (χ2v) is 3.64. The number of imidazole rings is 1. The van der Waals surface area contributed by atoms with Gasteiger partial charge in [0.2, 0.25) is 0 Å². The van der Waals surface area contributed by atoms with Crippen molar-refractivity contribution in [1.29, 1.82) is 0 Å². The predicted molar refractivity (Wildman–Crippen MR) is 57.3 cm³/mol. The van der Waals surface area contributed by atoms with E-state index in [0.29, 0.717) is 17.9 Å². The lowest BCUT2D eigenvalue weighted by Crippen LogP contribution is -2.01. The summed E-state index contributed by atoms with van der Waals surface area (Å²) >= 11 is 0. The van der Waals surface area contributed by atoms with Gasteiger partial charge in [0, 0.05) is 12.4 Å². The highest BCUT2D eigenvalue weighted by Crippen LogP contribution is 2.18. The number of hydrogen-bond donors (Lipinski definition) is 1. The Morgan fingerprint density at radius 1 is 1.29 bits per heavy atom. The summed E-state index contributed by atoms with van der Waals surface area (Å²) in [6, 6.07) is 4.32. The molecule has 0 spiro atoms. The van der Waals surface area contributed by atoms with E-state index in [-0.39, 0.29) is 5.52 Å². The average molecular weight is 234 g/mol. The average Bonchev–Trinajstić information content (AvgIpc) is 2.93. The molecule has 0 bridgehead atoms. The molecular formula is C11H8F2N4. The largest absolute Gasteiger partial charge is 0.340 e. The number of halogens is 2. The van der Waals surface area contributed by atoms with E-state index in [0.717, 1.165) is 6.07 Å². The minimum Gasteiger partial charge on any atom is -0.340 e. The van der Waals surface area contributed by atoms with Gasteiger partial charge in [-0.25, -0.2) is 13.8 Å². The molecule has 0 aliphatic rings. The van der Waals surface area contributed by atoms with Gasteiger partial charge >= 0.3 is 0 Å². The van der Waals surface area contributed by atoms with E-state index < -0.39 is 11.6 Å². The van der Waals surface area contributed by atoms with Gasteiger partial charge in [0.15, 0.2) is 11.6 Å². The van der Waals surface area contributed by atoms with Crippen molar-refractivity contribution < 1.29 is 8.78 Å². The molecule has 0 radical (unpaired) electrons. The molecule has 3 rings (SSSR count). The van der Waals surface area contributed by atoms with Crippen LogP contribution in [0.5, 0.6) is 0 Å². The monoisotopic (exact) mass is 234 g/mol. The van der Waals surface area contributed by atoms with E-state index >= 15 is 0 Å². The minimum absolute atomic E-state index is 0.0205. The van der Waals surface area contributed by atoms with Gasteiger partial charge in [-0.2, -0.15) is 5.10 Å². The van der Waals surface area contributed by atoms with Crippen LogP contribution in [0.25, 0.3) is 11.0 Å². The third-order valence-electron chi connectivity index (χ3n) is 2.47. The molecule has 0 unspecified atom stereocenters. The first-order valence-corrected chi connectivity index (χ1v) is 5.04. The lowest BCUT2D eigenvalue weighted by atomic mass is 10.3. The zero-order valence-corrected chi connectivity index (χ0v) is 8.69. The van der Waals surface area contributed by atoms with Crippen molar-refractivity contribution in [3.8, 4) is 0 Å².